The minimum absolute atomic E-state index is 0.0679. The number of amides is 5. The van der Waals surface area contributed by atoms with Gasteiger partial charge in [0.05, 0.1) is 32.2 Å². The summed E-state index contributed by atoms with van der Waals surface area (Å²) in [5.74, 6) is 6.96. The van der Waals surface area contributed by atoms with E-state index < -0.39 is 11.9 Å². The number of anilines is 4. The Hall–Kier alpha value is -6.05. The van der Waals surface area contributed by atoms with Gasteiger partial charge in [0.2, 0.25) is 23.7 Å². The zero-order valence-electron chi connectivity index (χ0n) is 36.3. The number of carbonyl (C=O) groups is 5. The third-order valence-corrected chi connectivity index (χ3v) is 13.0. The van der Waals surface area contributed by atoms with Crippen LogP contribution in [0.5, 0.6) is 5.75 Å². The number of carbonyl (C=O) groups excluding carboxylic acids is 5. The third kappa shape index (κ3) is 9.50. The highest BCUT2D eigenvalue weighted by Gasteiger charge is 2.42. The first-order chi connectivity index (χ1) is 30.6. The maximum atomic E-state index is 13.4. The maximum absolute atomic E-state index is 13.4. The molecule has 0 spiro atoms. The van der Waals surface area contributed by atoms with Crippen molar-refractivity contribution in [2.75, 3.05) is 49.0 Å². The summed E-state index contributed by atoms with van der Waals surface area (Å²) >= 11 is 0. The minimum atomic E-state index is -0.657. The fourth-order valence-electron chi connectivity index (χ4n) is 9.63. The molecular weight excluding hydrogens is 803 g/mol. The Kier molecular flexibility index (Phi) is 13.5. The molecule has 3 aromatic rings. The number of hydrogen-bond acceptors (Lipinski definition) is 12. The van der Waals surface area contributed by atoms with E-state index >= 15 is 0 Å². The molecule has 16 heteroatoms. The third-order valence-electron chi connectivity index (χ3n) is 13.0. The lowest BCUT2D eigenvalue weighted by molar-refractivity contribution is -0.137. The minimum Gasteiger partial charge on any atom is -0.495 e. The molecule has 8 rings (SSSR count). The van der Waals surface area contributed by atoms with Crippen LogP contribution in [-0.2, 0) is 25.7 Å². The van der Waals surface area contributed by atoms with Gasteiger partial charge >= 0.3 is 0 Å². The molecule has 0 radical (unpaired) electrons. The van der Waals surface area contributed by atoms with E-state index in [9.17, 15) is 24.0 Å². The summed E-state index contributed by atoms with van der Waals surface area (Å²) in [5.41, 5.74) is 3.96. The molecule has 2 aliphatic carbocycles. The van der Waals surface area contributed by atoms with E-state index in [0.29, 0.717) is 85.8 Å². The first kappa shape index (κ1) is 43.6. The number of piperidine rings is 1. The summed E-state index contributed by atoms with van der Waals surface area (Å²) in [6.45, 7) is 4.08. The van der Waals surface area contributed by atoms with Gasteiger partial charge < -0.3 is 40.1 Å². The van der Waals surface area contributed by atoms with Crippen molar-refractivity contribution in [3.8, 4) is 17.6 Å². The summed E-state index contributed by atoms with van der Waals surface area (Å²) in [7, 11) is 3.36. The number of imide groups is 1. The second-order valence-electron chi connectivity index (χ2n) is 17.0. The van der Waals surface area contributed by atoms with Gasteiger partial charge in [-0.1, -0.05) is 37.7 Å². The predicted molar refractivity (Wildman–Crippen MR) is 237 cm³/mol. The van der Waals surface area contributed by atoms with Crippen molar-refractivity contribution >= 4 is 52.7 Å². The smallest absolute Gasteiger partial charge is 0.255 e. The molecule has 332 valence electrons. The van der Waals surface area contributed by atoms with E-state index in [1.54, 1.807) is 49.5 Å². The number of aromatic nitrogens is 2. The van der Waals surface area contributed by atoms with Gasteiger partial charge in [-0.2, -0.15) is 4.98 Å². The van der Waals surface area contributed by atoms with Crippen LogP contribution < -0.4 is 35.8 Å². The standard InChI is InChI=1S/C47H57N9O7/c1-4-37-46(61)54(2)39-27-49-47(53-42(39)56(37)33-12-5-6-13-33)51-36-20-15-30(26-40(36)62-3)43(58)50-32-18-16-31(17-19-32)48-23-25-63-24-8-7-10-29-11-9-14-34-35(29)28-55(45(34)60)38-21-22-41(57)52-44(38)59/h9,11,14-15,20,26-27,31-33,37-38,48H,4-6,8,12-13,16-19,21-25,28H2,1-3H3,(H,50,58)(H,49,51,53)(H,52,57,59)/t31-,32+,37-,38?/m1/s1. The quantitative estimate of drug-likeness (QED) is 0.101. The molecule has 2 aromatic carbocycles. The average Bonchev–Trinajstić information content (AvgIpc) is 3.95. The Morgan fingerprint density at radius 3 is 2.54 bits per heavy atom. The Labute approximate surface area is 368 Å². The fraction of sp³-hybridized carbons (Fsp3) is 0.511. The molecule has 2 atom stereocenters. The lowest BCUT2D eigenvalue weighted by Crippen LogP contribution is -2.55. The number of hydrogen-bond donors (Lipinski definition) is 4. The molecule has 16 nitrogen and oxygen atoms in total. The van der Waals surface area contributed by atoms with E-state index in [4.69, 9.17) is 14.5 Å². The molecule has 3 aliphatic heterocycles. The van der Waals surface area contributed by atoms with Crippen molar-refractivity contribution in [2.45, 2.75) is 121 Å². The second-order valence-corrected chi connectivity index (χ2v) is 17.0. The van der Waals surface area contributed by atoms with Gasteiger partial charge in [-0.05, 0) is 87.3 Å². The van der Waals surface area contributed by atoms with Gasteiger partial charge in [0.15, 0.2) is 5.82 Å². The zero-order chi connectivity index (χ0) is 44.0. The molecule has 5 amide bonds. The highest BCUT2D eigenvalue weighted by atomic mass is 16.5. The Balaban J connectivity index is 0.758. The van der Waals surface area contributed by atoms with Gasteiger partial charge in [-0.3, -0.25) is 29.3 Å². The normalized spacial score (nSPS) is 22.3. The van der Waals surface area contributed by atoms with E-state index in [1.165, 1.54) is 4.90 Å². The van der Waals surface area contributed by atoms with Crippen molar-refractivity contribution in [3.05, 3.63) is 64.8 Å². The van der Waals surface area contributed by atoms with Crippen molar-refractivity contribution in [3.63, 3.8) is 0 Å². The van der Waals surface area contributed by atoms with Gasteiger partial charge in [-0.25, -0.2) is 4.98 Å². The lowest BCUT2D eigenvalue weighted by atomic mass is 9.91. The molecule has 0 bridgehead atoms. The van der Waals surface area contributed by atoms with Crippen LogP contribution in [-0.4, -0.2) is 109 Å². The van der Waals surface area contributed by atoms with Gasteiger partial charge in [0, 0.05) is 67.8 Å². The predicted octanol–water partition coefficient (Wildman–Crippen LogP) is 4.58. The molecule has 2 saturated carbocycles. The van der Waals surface area contributed by atoms with Crippen LogP contribution in [0.2, 0.25) is 0 Å². The van der Waals surface area contributed by atoms with Gasteiger partial charge in [-0.15, -0.1) is 0 Å². The topological polar surface area (TPSA) is 187 Å². The van der Waals surface area contributed by atoms with Crippen LogP contribution in [0.3, 0.4) is 0 Å². The largest absolute Gasteiger partial charge is 0.495 e. The van der Waals surface area contributed by atoms with Gasteiger partial charge in [0.1, 0.15) is 23.5 Å². The molecule has 4 heterocycles. The second kappa shape index (κ2) is 19.6. The molecule has 5 aliphatic rings. The van der Waals surface area contributed by atoms with Crippen molar-refractivity contribution in [1.82, 2.24) is 30.8 Å². The molecular formula is C47H57N9O7. The molecule has 1 aromatic heterocycles. The first-order valence-electron chi connectivity index (χ1n) is 22.4. The van der Waals surface area contributed by atoms with Crippen LogP contribution >= 0.6 is 0 Å². The highest BCUT2D eigenvalue weighted by Crippen LogP contribution is 2.40. The number of fused-ring (bicyclic) bond motifs is 2. The van der Waals surface area contributed by atoms with Crippen LogP contribution in [0.25, 0.3) is 0 Å². The first-order valence-corrected chi connectivity index (χ1v) is 22.4. The summed E-state index contributed by atoms with van der Waals surface area (Å²) in [6.07, 6.45) is 11.4. The molecule has 3 fully saturated rings. The van der Waals surface area contributed by atoms with E-state index in [2.05, 4.69) is 43.0 Å². The Morgan fingerprint density at radius 1 is 0.984 bits per heavy atom. The number of nitrogens with one attached hydrogen (secondary N) is 4. The number of benzene rings is 2. The van der Waals surface area contributed by atoms with E-state index in [1.807, 2.05) is 19.1 Å². The van der Waals surface area contributed by atoms with E-state index in [-0.39, 0.29) is 48.2 Å². The van der Waals surface area contributed by atoms with Crippen LogP contribution in [0.4, 0.5) is 23.1 Å². The Morgan fingerprint density at radius 2 is 1.78 bits per heavy atom. The summed E-state index contributed by atoms with van der Waals surface area (Å²) in [5, 5.41) is 12.4. The highest BCUT2D eigenvalue weighted by molar-refractivity contribution is 6.06. The van der Waals surface area contributed by atoms with Crippen molar-refractivity contribution < 1.29 is 33.4 Å². The number of nitrogens with zero attached hydrogens (tertiary/aromatic N) is 5. The van der Waals surface area contributed by atoms with Crippen molar-refractivity contribution in [1.29, 1.82) is 0 Å². The van der Waals surface area contributed by atoms with E-state index in [0.717, 1.165) is 68.3 Å². The summed E-state index contributed by atoms with van der Waals surface area (Å²) in [6, 6.07) is 10.5. The van der Waals surface area contributed by atoms with Gasteiger partial charge in [0.25, 0.3) is 11.8 Å². The monoisotopic (exact) mass is 859 g/mol. The van der Waals surface area contributed by atoms with Crippen LogP contribution in [0.15, 0.2) is 42.6 Å². The molecule has 63 heavy (non-hydrogen) atoms. The van der Waals surface area contributed by atoms with Crippen LogP contribution in [0.1, 0.15) is 116 Å². The number of methoxy groups -OCH3 is 1. The fourth-order valence-corrected chi connectivity index (χ4v) is 9.63. The molecule has 1 unspecified atom stereocenters. The average molecular weight is 860 g/mol. The number of likely N-dealkylation sites (N-methyl/N-ethyl adjacent to an activating group) is 1. The number of rotatable bonds is 14. The summed E-state index contributed by atoms with van der Waals surface area (Å²) in [4.78, 5) is 78.7. The Bertz CT molecular complexity index is 2300. The summed E-state index contributed by atoms with van der Waals surface area (Å²) < 4.78 is 11.6. The maximum Gasteiger partial charge on any atom is 0.255 e. The lowest BCUT2D eigenvalue weighted by Gasteiger charge is -2.43. The van der Waals surface area contributed by atoms with Crippen LogP contribution in [0, 0.1) is 11.8 Å². The number of ether oxygens (including phenoxy) is 2. The molecule has 1 saturated heterocycles. The SMILES string of the molecule is CC[C@@H]1C(=O)N(C)c2cnc(Nc3ccc(C(=O)N[C@H]4CC[C@@H](NCCOCCC#Cc5cccc6c5CN(C5CCC(=O)NC5=O)C6=O)CC4)cc3OC)nc2N1C1CCCC1. The zero-order valence-corrected chi connectivity index (χ0v) is 36.3. The van der Waals surface area contributed by atoms with Crippen molar-refractivity contribution in [2.24, 2.45) is 0 Å². The molecule has 4 N–H and O–H groups in total.